The van der Waals surface area contributed by atoms with Crippen molar-refractivity contribution in [2.45, 2.75) is 13.0 Å². The maximum Gasteiger partial charge on any atom is 0.413 e. The number of halogens is 1. The van der Waals surface area contributed by atoms with Gasteiger partial charge >= 0.3 is 6.09 Å². The lowest BCUT2D eigenvalue weighted by atomic mass is 10.1. The summed E-state index contributed by atoms with van der Waals surface area (Å²) in [6, 6.07) is 13.1. The van der Waals surface area contributed by atoms with E-state index < -0.39 is 6.09 Å². The molecule has 0 fully saturated rings. The van der Waals surface area contributed by atoms with Gasteiger partial charge in [0.25, 0.3) is 0 Å². The van der Waals surface area contributed by atoms with Gasteiger partial charge in [0.2, 0.25) is 0 Å². The van der Waals surface area contributed by atoms with Crippen LogP contribution in [0.5, 0.6) is 5.75 Å². The first-order valence-corrected chi connectivity index (χ1v) is 10.4. The van der Waals surface area contributed by atoms with E-state index in [1.165, 1.54) is 18.3 Å². The number of nitrogens with one attached hydrogen (secondary N) is 2. The van der Waals surface area contributed by atoms with Crippen molar-refractivity contribution in [2.75, 3.05) is 0 Å². The smallest absolute Gasteiger partial charge is 0.406 e. The van der Waals surface area contributed by atoms with Crippen molar-refractivity contribution in [3.05, 3.63) is 71.8 Å². The number of benzene rings is 2. The van der Waals surface area contributed by atoms with Gasteiger partial charge in [-0.15, -0.1) is 0 Å². The monoisotopic (exact) mass is 455 g/mol. The quantitative estimate of drug-likeness (QED) is 0.415. The van der Waals surface area contributed by atoms with E-state index in [1.54, 1.807) is 49.1 Å². The SMILES string of the molecule is C[C@@H](NC(=O)Oc1c[nH]c2ncc(-c3nn(C)c4cc(F)ccc34)nc12)c1cccc(C#N)c1. The molecule has 5 aromatic rings. The van der Waals surface area contributed by atoms with Crippen LogP contribution in [0.15, 0.2) is 54.9 Å². The first-order chi connectivity index (χ1) is 16.4. The Balaban J connectivity index is 1.42. The Kier molecular flexibility index (Phi) is 5.14. The minimum atomic E-state index is -0.679. The number of nitrogens with zero attached hydrogens (tertiary/aromatic N) is 5. The number of amides is 1. The van der Waals surface area contributed by atoms with Gasteiger partial charge in [0.15, 0.2) is 16.9 Å². The van der Waals surface area contributed by atoms with E-state index in [2.05, 4.69) is 31.4 Å². The van der Waals surface area contributed by atoms with Crippen molar-refractivity contribution in [2.24, 2.45) is 7.05 Å². The normalized spacial score (nSPS) is 11.9. The fourth-order valence-corrected chi connectivity index (χ4v) is 3.75. The summed E-state index contributed by atoms with van der Waals surface area (Å²) in [4.78, 5) is 24.4. The molecule has 3 heterocycles. The molecule has 0 aliphatic carbocycles. The number of ether oxygens (including phenoxy) is 1. The van der Waals surface area contributed by atoms with E-state index in [0.29, 0.717) is 33.6 Å². The molecule has 0 spiro atoms. The molecule has 168 valence electrons. The van der Waals surface area contributed by atoms with E-state index >= 15 is 0 Å². The van der Waals surface area contributed by atoms with Crippen LogP contribution >= 0.6 is 0 Å². The van der Waals surface area contributed by atoms with E-state index in [-0.39, 0.29) is 17.6 Å². The third-order valence-corrected chi connectivity index (χ3v) is 5.45. The molecule has 1 amide bonds. The molecule has 0 radical (unpaired) electrons. The van der Waals surface area contributed by atoms with Gasteiger partial charge in [0.1, 0.15) is 17.2 Å². The highest BCUT2D eigenvalue weighted by atomic mass is 19.1. The molecule has 3 aromatic heterocycles. The van der Waals surface area contributed by atoms with Crippen LogP contribution < -0.4 is 10.1 Å². The van der Waals surface area contributed by atoms with Crippen molar-refractivity contribution in [1.82, 2.24) is 30.0 Å². The molecule has 9 nitrogen and oxygen atoms in total. The van der Waals surface area contributed by atoms with E-state index in [0.717, 1.165) is 10.9 Å². The van der Waals surface area contributed by atoms with E-state index in [1.807, 2.05) is 6.07 Å². The number of aryl methyl sites for hydroxylation is 1. The van der Waals surface area contributed by atoms with Crippen LogP contribution in [0.25, 0.3) is 33.5 Å². The van der Waals surface area contributed by atoms with Crippen molar-refractivity contribution >= 4 is 28.2 Å². The van der Waals surface area contributed by atoms with Gasteiger partial charge in [-0.05, 0) is 42.8 Å². The number of carbonyl (C=O) groups excluding carboxylic acids is 1. The van der Waals surface area contributed by atoms with Crippen LogP contribution in [0.4, 0.5) is 9.18 Å². The van der Waals surface area contributed by atoms with Gasteiger partial charge in [-0.3, -0.25) is 4.68 Å². The summed E-state index contributed by atoms with van der Waals surface area (Å²) in [5.41, 5.74) is 3.68. The Morgan fingerprint density at radius 3 is 2.97 bits per heavy atom. The highest BCUT2D eigenvalue weighted by Gasteiger charge is 2.18. The maximum absolute atomic E-state index is 13.7. The van der Waals surface area contributed by atoms with Crippen molar-refractivity contribution in [3.8, 4) is 23.2 Å². The summed E-state index contributed by atoms with van der Waals surface area (Å²) in [6.45, 7) is 1.79. The number of aromatic amines is 1. The summed E-state index contributed by atoms with van der Waals surface area (Å²) >= 11 is 0. The average molecular weight is 455 g/mol. The number of hydrogen-bond acceptors (Lipinski definition) is 6. The van der Waals surface area contributed by atoms with Crippen LogP contribution in [0.1, 0.15) is 24.1 Å². The lowest BCUT2D eigenvalue weighted by molar-refractivity contribution is 0.197. The number of carbonyl (C=O) groups is 1. The molecule has 10 heteroatoms. The molecule has 0 aliphatic rings. The molecule has 5 rings (SSSR count). The average Bonchev–Trinajstić information content (AvgIpc) is 3.39. The van der Waals surface area contributed by atoms with Crippen LogP contribution in [0, 0.1) is 17.1 Å². The number of fused-ring (bicyclic) bond motifs is 2. The number of H-pyrrole nitrogens is 1. The molecule has 0 aliphatic heterocycles. The third kappa shape index (κ3) is 3.80. The van der Waals surface area contributed by atoms with Gasteiger partial charge < -0.3 is 15.0 Å². The molecular formula is C24H18FN7O2. The number of nitriles is 1. The summed E-state index contributed by atoms with van der Waals surface area (Å²) in [5.74, 6) is -0.157. The van der Waals surface area contributed by atoms with Crippen LogP contribution in [0.2, 0.25) is 0 Å². The highest BCUT2D eigenvalue weighted by Crippen LogP contribution is 2.30. The summed E-state index contributed by atoms with van der Waals surface area (Å²) < 4.78 is 20.7. The summed E-state index contributed by atoms with van der Waals surface area (Å²) in [5, 5.41) is 17.0. The molecule has 2 N–H and O–H groups in total. The number of hydrogen-bond donors (Lipinski definition) is 2. The highest BCUT2D eigenvalue weighted by molar-refractivity contribution is 5.93. The fourth-order valence-electron chi connectivity index (χ4n) is 3.75. The van der Waals surface area contributed by atoms with Crippen molar-refractivity contribution in [1.29, 1.82) is 5.26 Å². The maximum atomic E-state index is 13.7. The predicted molar refractivity (Wildman–Crippen MR) is 122 cm³/mol. The second-order valence-electron chi connectivity index (χ2n) is 7.73. The van der Waals surface area contributed by atoms with Crippen LogP contribution in [-0.4, -0.2) is 30.8 Å². The van der Waals surface area contributed by atoms with E-state index in [4.69, 9.17) is 10.00 Å². The van der Waals surface area contributed by atoms with Gasteiger partial charge in [0, 0.05) is 18.6 Å². The van der Waals surface area contributed by atoms with Gasteiger partial charge in [0.05, 0.1) is 29.4 Å². The van der Waals surface area contributed by atoms with Crippen molar-refractivity contribution < 1.29 is 13.9 Å². The van der Waals surface area contributed by atoms with Gasteiger partial charge in [-0.1, -0.05) is 12.1 Å². The Morgan fingerprint density at radius 1 is 1.29 bits per heavy atom. The van der Waals surface area contributed by atoms with Gasteiger partial charge in [-0.25, -0.2) is 19.2 Å². The Bertz CT molecular complexity index is 1600. The lowest BCUT2D eigenvalue weighted by Gasteiger charge is -2.14. The molecular weight excluding hydrogens is 437 g/mol. The Labute approximate surface area is 192 Å². The molecule has 0 bridgehead atoms. The zero-order valence-corrected chi connectivity index (χ0v) is 18.2. The van der Waals surface area contributed by atoms with Crippen LogP contribution in [-0.2, 0) is 7.05 Å². The summed E-state index contributed by atoms with van der Waals surface area (Å²) in [7, 11) is 1.72. The molecule has 34 heavy (non-hydrogen) atoms. The topological polar surface area (TPSA) is 122 Å². The second kappa shape index (κ2) is 8.29. The number of aromatic nitrogens is 5. The third-order valence-electron chi connectivity index (χ3n) is 5.45. The predicted octanol–water partition coefficient (Wildman–Crippen LogP) is 4.37. The fraction of sp³-hybridized carbons (Fsp3) is 0.125. The first kappa shape index (κ1) is 21.1. The minimum Gasteiger partial charge on any atom is -0.406 e. The molecule has 2 aromatic carbocycles. The van der Waals surface area contributed by atoms with E-state index in [9.17, 15) is 9.18 Å². The summed E-state index contributed by atoms with van der Waals surface area (Å²) in [6.07, 6.45) is 2.38. The Hall–Kier alpha value is -4.78. The number of rotatable bonds is 4. The molecule has 0 saturated carbocycles. The van der Waals surface area contributed by atoms with Crippen LogP contribution in [0.3, 0.4) is 0 Å². The van der Waals surface area contributed by atoms with Gasteiger partial charge in [-0.2, -0.15) is 10.4 Å². The zero-order chi connectivity index (χ0) is 23.8. The molecule has 1 atom stereocenters. The zero-order valence-electron chi connectivity index (χ0n) is 18.2. The van der Waals surface area contributed by atoms with Crippen molar-refractivity contribution in [3.63, 3.8) is 0 Å². The second-order valence-corrected chi connectivity index (χ2v) is 7.73. The first-order valence-electron chi connectivity index (χ1n) is 10.4. The molecule has 0 saturated heterocycles. The molecule has 0 unspecified atom stereocenters. The Morgan fingerprint density at radius 2 is 2.15 bits per heavy atom. The largest absolute Gasteiger partial charge is 0.413 e. The minimum absolute atomic E-state index is 0.200. The lowest BCUT2D eigenvalue weighted by Crippen LogP contribution is -2.29. The standard InChI is InChI=1S/C24H18FN7O2/c1-13(15-5-3-4-14(8-15)10-26)29-24(33)34-20-12-28-23-22(20)30-18(11-27-23)21-17-7-6-16(25)9-19(17)32(2)31-21/h3-9,11-13H,1-2H3,(H,27,28)(H,29,33)/t13-/m1/s1.